The molecule has 1 saturated heterocycles. The molecule has 1 amide bonds. The lowest BCUT2D eigenvalue weighted by atomic mass is 10.1. The predicted molar refractivity (Wildman–Crippen MR) is 139 cm³/mol. The number of benzene rings is 2. The number of anilines is 3. The first-order valence-electron chi connectivity index (χ1n) is 12.4. The molecule has 38 heavy (non-hydrogen) atoms. The van der Waals surface area contributed by atoms with Gasteiger partial charge in [-0.3, -0.25) is 9.59 Å². The van der Waals surface area contributed by atoms with Gasteiger partial charge in [0.05, 0.1) is 17.1 Å². The summed E-state index contributed by atoms with van der Waals surface area (Å²) in [5.74, 6) is -3.50. The number of aromatic nitrogens is 2. The molecule has 0 radical (unpaired) electrons. The summed E-state index contributed by atoms with van der Waals surface area (Å²) in [6.45, 7) is 5.12. The topological polar surface area (TPSA) is 103 Å². The van der Waals surface area contributed by atoms with Gasteiger partial charge in [0, 0.05) is 43.0 Å². The maximum atomic E-state index is 15.3. The number of hydrogen-bond donors (Lipinski definition) is 3. The van der Waals surface area contributed by atoms with Crippen molar-refractivity contribution in [3.63, 3.8) is 0 Å². The van der Waals surface area contributed by atoms with E-state index in [0.717, 1.165) is 62.4 Å². The molecule has 3 N–H and O–H groups in total. The first-order chi connectivity index (χ1) is 18.1. The van der Waals surface area contributed by atoms with Crippen LogP contribution in [-0.2, 0) is 0 Å². The summed E-state index contributed by atoms with van der Waals surface area (Å²) in [5, 5.41) is 17.7. The molecule has 1 aliphatic carbocycles. The second-order valence-electron chi connectivity index (χ2n) is 10.2. The monoisotopic (exact) mass is 524 g/mol. The van der Waals surface area contributed by atoms with Crippen LogP contribution in [0.25, 0.3) is 5.69 Å². The predicted octanol–water partition coefficient (Wildman–Crippen LogP) is 4.71. The minimum atomic E-state index is -1.02. The van der Waals surface area contributed by atoms with Crippen molar-refractivity contribution in [3.8, 4) is 5.69 Å². The van der Waals surface area contributed by atoms with Gasteiger partial charge in [0.25, 0.3) is 11.5 Å². The Labute approximate surface area is 217 Å². The molecule has 11 heteroatoms. The number of nitrogens with zero attached hydrogens (tertiary/aromatic N) is 3. The van der Waals surface area contributed by atoms with Crippen LogP contribution in [-0.4, -0.2) is 41.0 Å². The number of hydrogen-bond acceptors (Lipinski definition) is 6. The Hall–Kier alpha value is -4.15. The minimum absolute atomic E-state index is 0.103. The number of carbonyl (C=O) groups is 1. The highest BCUT2D eigenvalue weighted by molar-refractivity contribution is 6.08. The number of nitrogens with one attached hydrogen (secondary N) is 3. The molecule has 1 aliphatic heterocycles. The highest BCUT2D eigenvalue weighted by atomic mass is 19.1. The van der Waals surface area contributed by atoms with Crippen molar-refractivity contribution in [2.45, 2.75) is 39.2 Å². The molecular weight excluding hydrogens is 497 g/mol. The van der Waals surface area contributed by atoms with Crippen molar-refractivity contribution in [2.24, 2.45) is 5.41 Å². The maximum Gasteiger partial charge on any atom is 0.276 e. The van der Waals surface area contributed by atoms with Crippen LogP contribution in [0.4, 0.5) is 30.2 Å². The summed E-state index contributed by atoms with van der Waals surface area (Å²) < 4.78 is 44.4. The molecule has 1 spiro atoms. The summed E-state index contributed by atoms with van der Waals surface area (Å²) in [7, 11) is 0. The fraction of sp³-hybridized carbons (Fsp3) is 0.333. The zero-order chi connectivity index (χ0) is 27.2. The largest absolute Gasteiger partial charge is 0.380 e. The molecule has 1 saturated carbocycles. The lowest BCUT2D eigenvalue weighted by Gasteiger charge is -2.27. The molecule has 0 unspecified atom stereocenters. The van der Waals surface area contributed by atoms with Crippen LogP contribution in [0.15, 0.2) is 41.2 Å². The maximum absolute atomic E-state index is 15.3. The normalized spacial score (nSPS) is 15.7. The van der Waals surface area contributed by atoms with Gasteiger partial charge in [0.2, 0.25) is 0 Å². The average molecular weight is 525 g/mol. The van der Waals surface area contributed by atoms with E-state index in [9.17, 15) is 18.4 Å². The Bertz CT molecular complexity index is 1480. The van der Waals surface area contributed by atoms with Gasteiger partial charge in [-0.15, -0.1) is 0 Å². The number of para-hydroxylation sites is 1. The van der Waals surface area contributed by atoms with Gasteiger partial charge in [-0.1, -0.05) is 6.07 Å². The third-order valence-corrected chi connectivity index (χ3v) is 7.01. The Morgan fingerprint density at radius 1 is 1.08 bits per heavy atom. The van der Waals surface area contributed by atoms with Crippen LogP contribution in [0.5, 0.6) is 0 Å². The third-order valence-electron chi connectivity index (χ3n) is 7.01. The Balaban J connectivity index is 1.56. The fourth-order valence-corrected chi connectivity index (χ4v) is 4.95. The van der Waals surface area contributed by atoms with Gasteiger partial charge in [-0.05, 0) is 56.7 Å². The van der Waals surface area contributed by atoms with Gasteiger partial charge in [-0.25, -0.2) is 13.2 Å². The van der Waals surface area contributed by atoms with Crippen molar-refractivity contribution in [2.75, 3.05) is 28.6 Å². The zero-order valence-corrected chi connectivity index (χ0v) is 20.9. The quantitative estimate of drug-likeness (QED) is 0.389. The Kier molecular flexibility index (Phi) is 6.46. The molecule has 0 atom stereocenters. The van der Waals surface area contributed by atoms with E-state index in [4.69, 9.17) is 5.41 Å². The molecule has 1 aromatic heterocycles. The van der Waals surface area contributed by atoms with E-state index in [1.165, 1.54) is 6.07 Å². The molecule has 2 aliphatic rings. The number of carbonyl (C=O) groups excluding carboxylic acids is 1. The molecule has 2 heterocycles. The first kappa shape index (κ1) is 25.5. The summed E-state index contributed by atoms with van der Waals surface area (Å²) in [6.07, 6.45) is 4.22. The molecule has 0 bridgehead atoms. The lowest BCUT2D eigenvalue weighted by molar-refractivity contribution is 0.102. The van der Waals surface area contributed by atoms with Crippen LogP contribution < -0.4 is 21.1 Å². The SMILES string of the molecule is CC(C)Nc1c(F)cc(NC(=O)c2ccc(=O)n(-c3c(F)cccc3F)n2)c(N2CCC3(CC3)C2)c1C=N. The molecule has 8 nitrogen and oxygen atoms in total. The smallest absolute Gasteiger partial charge is 0.276 e. The highest BCUT2D eigenvalue weighted by Crippen LogP contribution is 2.54. The summed E-state index contributed by atoms with van der Waals surface area (Å²) in [6, 6.07) is 6.29. The van der Waals surface area contributed by atoms with Crippen molar-refractivity contribution in [3.05, 3.63) is 75.5 Å². The van der Waals surface area contributed by atoms with Crippen LogP contribution in [0, 0.1) is 28.3 Å². The van der Waals surface area contributed by atoms with E-state index >= 15 is 4.39 Å². The highest BCUT2D eigenvalue weighted by Gasteiger charge is 2.48. The van der Waals surface area contributed by atoms with Crippen LogP contribution >= 0.6 is 0 Å². The van der Waals surface area contributed by atoms with Gasteiger partial charge in [0.15, 0.2) is 11.6 Å². The number of rotatable bonds is 7. The van der Waals surface area contributed by atoms with E-state index < -0.39 is 34.6 Å². The number of amides is 1. The van der Waals surface area contributed by atoms with E-state index in [0.29, 0.717) is 22.5 Å². The van der Waals surface area contributed by atoms with Crippen molar-refractivity contribution in [1.82, 2.24) is 9.78 Å². The molecule has 3 aromatic rings. The van der Waals surface area contributed by atoms with E-state index in [1.807, 2.05) is 13.8 Å². The van der Waals surface area contributed by atoms with E-state index in [2.05, 4.69) is 20.6 Å². The van der Waals surface area contributed by atoms with Crippen LogP contribution in [0.2, 0.25) is 0 Å². The van der Waals surface area contributed by atoms with Crippen molar-refractivity contribution >= 4 is 29.2 Å². The Morgan fingerprint density at radius 3 is 2.39 bits per heavy atom. The Morgan fingerprint density at radius 2 is 1.79 bits per heavy atom. The summed E-state index contributed by atoms with van der Waals surface area (Å²) >= 11 is 0. The van der Waals surface area contributed by atoms with Gasteiger partial charge >= 0.3 is 0 Å². The average Bonchev–Trinajstić information content (AvgIpc) is 3.50. The van der Waals surface area contributed by atoms with E-state index in [-0.39, 0.29) is 28.5 Å². The molecule has 198 valence electrons. The van der Waals surface area contributed by atoms with Gasteiger partial charge < -0.3 is 20.9 Å². The summed E-state index contributed by atoms with van der Waals surface area (Å²) in [4.78, 5) is 27.7. The third kappa shape index (κ3) is 4.64. The molecule has 2 fully saturated rings. The first-order valence-corrected chi connectivity index (χ1v) is 12.4. The van der Waals surface area contributed by atoms with Crippen molar-refractivity contribution in [1.29, 1.82) is 5.41 Å². The molecular formula is C27H27F3N6O2. The standard InChI is InChI=1S/C27H27F3N6O2/c1-15(2)32-23-16(13-31)24(35-11-10-27(14-35)8-9-27)21(12-19(23)30)33-26(38)20-6-7-22(37)36(34-20)25-17(28)4-3-5-18(25)29/h3-7,12-13,15,31-32H,8-11,14H2,1-2H3,(H,33,38). The lowest BCUT2D eigenvalue weighted by Crippen LogP contribution is -2.28. The molecule has 5 rings (SSSR count). The molecule has 2 aromatic carbocycles. The summed E-state index contributed by atoms with van der Waals surface area (Å²) in [5.41, 5.74) is -0.523. The van der Waals surface area contributed by atoms with Crippen LogP contribution in [0.3, 0.4) is 0 Å². The fourth-order valence-electron chi connectivity index (χ4n) is 4.95. The number of halogens is 3. The van der Waals surface area contributed by atoms with Crippen LogP contribution in [0.1, 0.15) is 49.2 Å². The second-order valence-corrected chi connectivity index (χ2v) is 10.2. The van der Waals surface area contributed by atoms with E-state index in [1.54, 1.807) is 0 Å². The van der Waals surface area contributed by atoms with Crippen molar-refractivity contribution < 1.29 is 18.0 Å². The minimum Gasteiger partial charge on any atom is -0.380 e. The van der Waals surface area contributed by atoms with Gasteiger partial charge in [-0.2, -0.15) is 9.78 Å². The second kappa shape index (κ2) is 9.62. The van der Waals surface area contributed by atoms with Gasteiger partial charge in [0.1, 0.15) is 17.2 Å². The zero-order valence-electron chi connectivity index (χ0n) is 20.9.